The summed E-state index contributed by atoms with van der Waals surface area (Å²) >= 11 is 0. The number of esters is 1. The number of ether oxygens (including phenoxy) is 2. The molecule has 0 aliphatic rings. The van der Waals surface area contributed by atoms with E-state index < -0.39 is 11.0 Å². The van der Waals surface area contributed by atoms with Crippen molar-refractivity contribution in [1.82, 2.24) is 0 Å². The molecule has 4 nitrogen and oxygen atoms in total. The van der Waals surface area contributed by atoms with Crippen molar-refractivity contribution in [3.63, 3.8) is 0 Å². The smallest absolute Gasteiger partial charge is 0.313 e. The minimum atomic E-state index is -0.714. The van der Waals surface area contributed by atoms with E-state index in [0.29, 0.717) is 6.61 Å². The van der Waals surface area contributed by atoms with E-state index in [1.165, 1.54) is 0 Å². The molecular formula is C13H27NO3. The molecule has 0 amide bonds. The third-order valence-corrected chi connectivity index (χ3v) is 2.97. The molecule has 0 aliphatic carbocycles. The molecule has 102 valence electrons. The van der Waals surface area contributed by atoms with E-state index in [2.05, 4.69) is 0 Å². The first kappa shape index (κ1) is 16.4. The lowest BCUT2D eigenvalue weighted by molar-refractivity contribution is -0.160. The van der Waals surface area contributed by atoms with E-state index in [4.69, 9.17) is 15.2 Å². The van der Waals surface area contributed by atoms with Gasteiger partial charge in [0.2, 0.25) is 0 Å². The van der Waals surface area contributed by atoms with Crippen molar-refractivity contribution < 1.29 is 14.3 Å². The summed E-state index contributed by atoms with van der Waals surface area (Å²) in [7, 11) is 0. The molecule has 0 spiro atoms. The summed E-state index contributed by atoms with van der Waals surface area (Å²) in [6, 6.07) is 0. The highest BCUT2D eigenvalue weighted by molar-refractivity contribution is 5.77. The van der Waals surface area contributed by atoms with E-state index in [9.17, 15) is 4.79 Å². The highest BCUT2D eigenvalue weighted by Crippen LogP contribution is 2.29. The average Bonchev–Trinajstić information content (AvgIpc) is 2.08. The first-order valence-electron chi connectivity index (χ1n) is 5.98. The SMILES string of the molecule is CC(C)(C)OCCOC(=O)C(C)(C)C(C)(C)N. The fourth-order valence-corrected chi connectivity index (χ4v) is 0.926. The Morgan fingerprint density at radius 1 is 1.00 bits per heavy atom. The van der Waals surface area contributed by atoms with Gasteiger partial charge in [0.05, 0.1) is 17.6 Å². The third-order valence-electron chi connectivity index (χ3n) is 2.97. The summed E-state index contributed by atoms with van der Waals surface area (Å²) in [6.45, 7) is 13.8. The fourth-order valence-electron chi connectivity index (χ4n) is 0.926. The van der Waals surface area contributed by atoms with Gasteiger partial charge in [0.25, 0.3) is 0 Å². The Morgan fingerprint density at radius 3 is 1.82 bits per heavy atom. The summed E-state index contributed by atoms with van der Waals surface area (Å²) in [5, 5.41) is 0. The van der Waals surface area contributed by atoms with Crippen LogP contribution in [0.1, 0.15) is 48.5 Å². The van der Waals surface area contributed by atoms with Crippen LogP contribution in [0.25, 0.3) is 0 Å². The summed E-state index contributed by atoms with van der Waals surface area (Å²) in [5.74, 6) is -0.289. The molecule has 0 fully saturated rings. The molecule has 0 atom stereocenters. The van der Waals surface area contributed by atoms with Crippen molar-refractivity contribution in [2.75, 3.05) is 13.2 Å². The molecule has 0 bridgehead atoms. The fraction of sp³-hybridized carbons (Fsp3) is 0.923. The lowest BCUT2D eigenvalue weighted by atomic mass is 9.75. The Kier molecular flexibility index (Phi) is 5.16. The minimum Gasteiger partial charge on any atom is -0.463 e. The number of hydrogen-bond donors (Lipinski definition) is 1. The van der Waals surface area contributed by atoms with Crippen molar-refractivity contribution >= 4 is 5.97 Å². The quantitative estimate of drug-likeness (QED) is 0.595. The van der Waals surface area contributed by atoms with Crippen molar-refractivity contribution in [1.29, 1.82) is 0 Å². The van der Waals surface area contributed by atoms with Crippen molar-refractivity contribution in [3.05, 3.63) is 0 Å². The zero-order valence-corrected chi connectivity index (χ0v) is 12.2. The van der Waals surface area contributed by atoms with Crippen LogP contribution in [0.2, 0.25) is 0 Å². The molecule has 0 radical (unpaired) electrons. The van der Waals surface area contributed by atoms with Crippen LogP contribution < -0.4 is 5.73 Å². The van der Waals surface area contributed by atoms with Crippen LogP contribution in [-0.4, -0.2) is 30.3 Å². The molecular weight excluding hydrogens is 218 g/mol. The molecule has 4 heteroatoms. The van der Waals surface area contributed by atoms with Crippen LogP contribution in [0.15, 0.2) is 0 Å². The normalized spacial score (nSPS) is 13.6. The van der Waals surface area contributed by atoms with E-state index >= 15 is 0 Å². The van der Waals surface area contributed by atoms with Gasteiger partial charge in [0.15, 0.2) is 0 Å². The van der Waals surface area contributed by atoms with Crippen molar-refractivity contribution in [2.45, 2.75) is 59.6 Å². The van der Waals surface area contributed by atoms with E-state index in [0.717, 1.165) is 0 Å². The molecule has 0 aromatic rings. The van der Waals surface area contributed by atoms with Gasteiger partial charge in [-0.2, -0.15) is 0 Å². The van der Waals surface area contributed by atoms with Crippen LogP contribution in [0.5, 0.6) is 0 Å². The molecule has 0 unspecified atom stereocenters. The Bertz CT molecular complexity index is 259. The summed E-state index contributed by atoms with van der Waals surface area (Å²) in [5.41, 5.74) is 4.41. The van der Waals surface area contributed by atoms with Gasteiger partial charge in [-0.05, 0) is 48.5 Å². The van der Waals surface area contributed by atoms with Crippen LogP contribution in [0.4, 0.5) is 0 Å². The molecule has 0 aromatic heterocycles. The highest BCUT2D eigenvalue weighted by Gasteiger charge is 2.41. The van der Waals surface area contributed by atoms with Gasteiger partial charge in [-0.15, -0.1) is 0 Å². The molecule has 17 heavy (non-hydrogen) atoms. The maximum atomic E-state index is 11.9. The topological polar surface area (TPSA) is 61.5 Å². The summed E-state index contributed by atoms with van der Waals surface area (Å²) in [6.07, 6.45) is 0. The molecule has 0 heterocycles. The maximum Gasteiger partial charge on any atom is 0.313 e. The summed E-state index contributed by atoms with van der Waals surface area (Å²) < 4.78 is 10.7. The van der Waals surface area contributed by atoms with Gasteiger partial charge in [0, 0.05) is 5.54 Å². The molecule has 0 aromatic carbocycles. The predicted molar refractivity (Wildman–Crippen MR) is 68.7 cm³/mol. The van der Waals surface area contributed by atoms with Gasteiger partial charge in [-0.1, -0.05) is 0 Å². The standard InChI is InChI=1S/C13H27NO3/c1-11(2,3)17-9-8-16-10(15)12(4,5)13(6,7)14/h8-9,14H2,1-7H3. The zero-order valence-electron chi connectivity index (χ0n) is 12.2. The first-order valence-corrected chi connectivity index (χ1v) is 5.98. The van der Waals surface area contributed by atoms with Crippen LogP contribution in [-0.2, 0) is 14.3 Å². The number of nitrogens with two attached hydrogens (primary N) is 1. The minimum absolute atomic E-state index is 0.213. The predicted octanol–water partition coefficient (Wildman–Crippen LogP) is 2.11. The van der Waals surface area contributed by atoms with Gasteiger partial charge in [0.1, 0.15) is 6.61 Å². The second kappa shape index (κ2) is 5.36. The molecule has 0 saturated heterocycles. The Labute approximate surface area is 105 Å². The van der Waals surface area contributed by atoms with E-state index in [-0.39, 0.29) is 18.2 Å². The van der Waals surface area contributed by atoms with Gasteiger partial charge in [-0.3, -0.25) is 4.79 Å². The van der Waals surface area contributed by atoms with Crippen LogP contribution >= 0.6 is 0 Å². The molecule has 0 rings (SSSR count). The number of carbonyl (C=O) groups excluding carboxylic acids is 1. The lowest BCUT2D eigenvalue weighted by Gasteiger charge is -2.35. The summed E-state index contributed by atoms with van der Waals surface area (Å²) in [4.78, 5) is 11.9. The number of carbonyl (C=O) groups is 1. The number of hydrogen-bond acceptors (Lipinski definition) is 4. The monoisotopic (exact) mass is 245 g/mol. The molecule has 0 aliphatic heterocycles. The Morgan fingerprint density at radius 2 is 1.47 bits per heavy atom. The Hall–Kier alpha value is -0.610. The van der Waals surface area contributed by atoms with Crippen molar-refractivity contribution in [2.24, 2.45) is 11.1 Å². The van der Waals surface area contributed by atoms with Crippen molar-refractivity contribution in [3.8, 4) is 0 Å². The molecule has 0 saturated carbocycles. The second-order valence-corrected chi connectivity index (χ2v) is 6.44. The maximum absolute atomic E-state index is 11.9. The van der Waals surface area contributed by atoms with Gasteiger partial charge < -0.3 is 15.2 Å². The lowest BCUT2D eigenvalue weighted by Crippen LogP contribution is -2.52. The Balaban J connectivity index is 4.12. The van der Waals surface area contributed by atoms with Crippen LogP contribution in [0.3, 0.4) is 0 Å². The largest absolute Gasteiger partial charge is 0.463 e. The van der Waals surface area contributed by atoms with E-state index in [1.54, 1.807) is 13.8 Å². The second-order valence-electron chi connectivity index (χ2n) is 6.44. The third kappa shape index (κ3) is 5.50. The molecule has 2 N–H and O–H groups in total. The zero-order chi connectivity index (χ0) is 13.9. The first-order chi connectivity index (χ1) is 7.38. The van der Waals surface area contributed by atoms with Crippen LogP contribution in [0, 0.1) is 5.41 Å². The van der Waals surface area contributed by atoms with Gasteiger partial charge in [-0.25, -0.2) is 0 Å². The number of rotatable bonds is 5. The van der Waals surface area contributed by atoms with Gasteiger partial charge >= 0.3 is 5.97 Å². The average molecular weight is 245 g/mol. The highest BCUT2D eigenvalue weighted by atomic mass is 16.6. The van der Waals surface area contributed by atoms with E-state index in [1.807, 2.05) is 34.6 Å².